The Labute approximate surface area is 151 Å². The lowest BCUT2D eigenvalue weighted by atomic mass is 9.88. The molecule has 27 heavy (non-hydrogen) atoms. The molecule has 0 amide bonds. The number of ether oxygens (including phenoxy) is 2. The molecule has 144 valence electrons. The monoisotopic (exact) mass is 384 g/mol. The molecule has 0 saturated carbocycles. The molecule has 2 atom stereocenters. The topological polar surface area (TPSA) is 71.5 Å². The van der Waals surface area contributed by atoms with E-state index >= 15 is 0 Å². The van der Waals surface area contributed by atoms with Gasteiger partial charge >= 0.3 is 6.61 Å². The number of carbonyl (C=O) groups excluding carboxylic acids is 1. The first-order valence-electron chi connectivity index (χ1n) is 8.03. The molecule has 0 saturated heterocycles. The minimum absolute atomic E-state index is 0.0318. The summed E-state index contributed by atoms with van der Waals surface area (Å²) in [7, 11) is 0. The van der Waals surface area contributed by atoms with Gasteiger partial charge in [0.05, 0.1) is 18.3 Å². The van der Waals surface area contributed by atoms with Gasteiger partial charge in [-0.3, -0.25) is 0 Å². The maximum atomic E-state index is 14.3. The second kappa shape index (κ2) is 7.51. The molecule has 0 fully saturated rings. The summed E-state index contributed by atoms with van der Waals surface area (Å²) in [4.78, 5) is 15.1. The summed E-state index contributed by atoms with van der Waals surface area (Å²) in [6, 6.07) is 4.01. The molecule has 0 spiro atoms. The van der Waals surface area contributed by atoms with E-state index in [1.807, 2.05) is 0 Å². The van der Waals surface area contributed by atoms with Crippen LogP contribution in [0.15, 0.2) is 24.3 Å². The lowest BCUT2D eigenvalue weighted by Crippen LogP contribution is -2.37. The van der Waals surface area contributed by atoms with Crippen LogP contribution < -0.4 is 9.84 Å². The number of nitrogens with zero attached hydrogens (tertiary/aromatic N) is 1. The largest absolute Gasteiger partial charge is 0.543 e. The molecule has 5 nitrogen and oxygen atoms in total. The van der Waals surface area contributed by atoms with Crippen LogP contribution in [0.4, 0.5) is 17.6 Å². The smallest absolute Gasteiger partial charge is 0.345 e. The Morgan fingerprint density at radius 3 is 2.70 bits per heavy atom. The molecule has 2 aromatic rings. The summed E-state index contributed by atoms with van der Waals surface area (Å²) in [6.07, 6.45) is -0.541. The maximum Gasteiger partial charge on any atom is 0.345 e. The highest BCUT2D eigenvalue weighted by atomic mass is 19.3. The zero-order chi connectivity index (χ0) is 19.7. The number of carbonyl (C=O) groups is 1. The highest BCUT2D eigenvalue weighted by Gasteiger charge is 2.32. The van der Waals surface area contributed by atoms with Crippen LogP contribution in [0, 0.1) is 17.6 Å². The molecule has 2 heterocycles. The van der Waals surface area contributed by atoms with Crippen LogP contribution in [0.3, 0.4) is 0 Å². The van der Waals surface area contributed by atoms with Crippen LogP contribution in [0.5, 0.6) is 5.88 Å². The zero-order valence-corrected chi connectivity index (χ0v) is 14.0. The first-order valence-corrected chi connectivity index (χ1v) is 8.03. The Hall–Kier alpha value is -2.68. The predicted molar refractivity (Wildman–Crippen MR) is 83.2 cm³/mol. The Balaban J connectivity index is 2.07. The van der Waals surface area contributed by atoms with E-state index in [2.05, 4.69) is 9.72 Å². The number of pyridine rings is 1. The highest BCUT2D eigenvalue weighted by Crippen LogP contribution is 2.38. The van der Waals surface area contributed by atoms with Gasteiger partial charge in [-0.15, -0.1) is 0 Å². The van der Waals surface area contributed by atoms with E-state index in [0.29, 0.717) is 11.6 Å². The van der Waals surface area contributed by atoms with Crippen molar-refractivity contribution in [2.45, 2.75) is 26.1 Å². The summed E-state index contributed by atoms with van der Waals surface area (Å²) in [5.41, 5.74) is 0.00858. The molecule has 0 unspecified atom stereocenters. The third-order valence-electron chi connectivity index (χ3n) is 4.33. The van der Waals surface area contributed by atoms with Crippen LogP contribution in [0.1, 0.15) is 23.0 Å². The average Bonchev–Trinajstić information content (AvgIpc) is 2.59. The molecule has 1 aromatic heterocycles. The van der Waals surface area contributed by atoms with Crippen molar-refractivity contribution in [3.05, 3.63) is 47.2 Å². The third-order valence-corrected chi connectivity index (χ3v) is 4.33. The predicted octanol–water partition coefficient (Wildman–Crippen LogP) is 2.57. The molecule has 0 radical (unpaired) electrons. The van der Waals surface area contributed by atoms with Gasteiger partial charge < -0.3 is 19.4 Å². The fourth-order valence-electron chi connectivity index (χ4n) is 2.97. The van der Waals surface area contributed by atoms with Crippen LogP contribution in [-0.4, -0.2) is 30.3 Å². The number of hydrogen-bond acceptors (Lipinski definition) is 5. The minimum Gasteiger partial charge on any atom is -0.543 e. The van der Waals surface area contributed by atoms with Crippen LogP contribution in [-0.2, 0) is 11.2 Å². The molecule has 0 bridgehead atoms. The molecular formula is C18H14F4NO4-. The number of benzene rings is 1. The number of carboxylic acid groups (broad SMARTS) is 1. The second-order valence-electron chi connectivity index (χ2n) is 6.18. The maximum absolute atomic E-state index is 14.3. The van der Waals surface area contributed by atoms with E-state index in [1.54, 1.807) is 6.92 Å². The highest BCUT2D eigenvalue weighted by molar-refractivity contribution is 5.87. The van der Waals surface area contributed by atoms with E-state index < -0.39 is 42.6 Å². The van der Waals surface area contributed by atoms with E-state index in [-0.39, 0.29) is 29.3 Å². The molecule has 0 N–H and O–H groups in total. The third kappa shape index (κ3) is 4.02. The van der Waals surface area contributed by atoms with Gasteiger partial charge in [0.15, 0.2) is 0 Å². The number of halogens is 4. The van der Waals surface area contributed by atoms with E-state index in [9.17, 15) is 27.5 Å². The molecule has 1 aromatic carbocycles. The normalized spacial score (nSPS) is 18.9. The SMILES string of the molecule is C[C@H]1Cc2c(-c3ccc(F)cc3F)cc(C(=O)[O-])nc2O[C@H]1COC(F)F. The second-order valence-corrected chi connectivity index (χ2v) is 6.18. The summed E-state index contributed by atoms with van der Waals surface area (Å²) in [5, 5.41) is 11.3. The van der Waals surface area contributed by atoms with Crippen molar-refractivity contribution in [1.29, 1.82) is 0 Å². The van der Waals surface area contributed by atoms with Crippen molar-refractivity contribution in [2.75, 3.05) is 6.61 Å². The zero-order valence-electron chi connectivity index (χ0n) is 14.0. The first kappa shape index (κ1) is 19.1. The van der Waals surface area contributed by atoms with Gasteiger partial charge in [-0.1, -0.05) is 6.92 Å². The Bertz CT molecular complexity index is 875. The summed E-state index contributed by atoms with van der Waals surface area (Å²) < 4.78 is 61.9. The number of rotatable bonds is 5. The quantitative estimate of drug-likeness (QED) is 0.741. The van der Waals surface area contributed by atoms with Gasteiger partial charge in [0.1, 0.15) is 17.7 Å². The number of aromatic nitrogens is 1. The van der Waals surface area contributed by atoms with Crippen molar-refractivity contribution in [3.63, 3.8) is 0 Å². The first-order chi connectivity index (χ1) is 12.8. The molecule has 3 rings (SSSR count). The van der Waals surface area contributed by atoms with Crippen LogP contribution in [0.25, 0.3) is 11.1 Å². The summed E-state index contributed by atoms with van der Waals surface area (Å²) >= 11 is 0. The Kier molecular flexibility index (Phi) is 5.31. The molecule has 1 aliphatic rings. The van der Waals surface area contributed by atoms with E-state index in [4.69, 9.17) is 4.74 Å². The van der Waals surface area contributed by atoms with Gasteiger partial charge in [-0.25, -0.2) is 13.8 Å². The lowest BCUT2D eigenvalue weighted by Gasteiger charge is -2.32. The molecule has 1 aliphatic heterocycles. The summed E-state index contributed by atoms with van der Waals surface area (Å²) in [6.45, 7) is -1.68. The standard InChI is InChI=1S/C18H15F4NO4/c1-8-4-12-11(10-3-2-9(19)5-13(10)20)6-14(17(24)25)23-16(12)27-15(8)7-26-18(21)22/h2-3,5-6,8,15,18H,4,7H2,1H3,(H,24,25)/p-1/t8-,15-/m0/s1. The number of hydrogen-bond donors (Lipinski definition) is 0. The lowest BCUT2D eigenvalue weighted by molar-refractivity contribution is -0.255. The van der Waals surface area contributed by atoms with Crippen molar-refractivity contribution in [1.82, 2.24) is 4.98 Å². The van der Waals surface area contributed by atoms with E-state index in [0.717, 1.165) is 12.1 Å². The minimum atomic E-state index is -2.98. The molecular weight excluding hydrogens is 370 g/mol. The van der Waals surface area contributed by atoms with Gasteiger partial charge in [0.2, 0.25) is 5.88 Å². The van der Waals surface area contributed by atoms with Crippen LogP contribution in [0.2, 0.25) is 0 Å². The number of carboxylic acids is 1. The number of aromatic carboxylic acids is 1. The fourth-order valence-corrected chi connectivity index (χ4v) is 2.97. The van der Waals surface area contributed by atoms with E-state index in [1.165, 1.54) is 6.07 Å². The van der Waals surface area contributed by atoms with Crippen molar-refractivity contribution in [3.8, 4) is 17.0 Å². The van der Waals surface area contributed by atoms with Gasteiger partial charge in [0, 0.05) is 17.2 Å². The van der Waals surface area contributed by atoms with Gasteiger partial charge in [0.25, 0.3) is 0 Å². The fraction of sp³-hybridized carbons (Fsp3) is 0.333. The summed E-state index contributed by atoms with van der Waals surface area (Å²) in [5.74, 6) is -3.72. The number of fused-ring (bicyclic) bond motifs is 1. The van der Waals surface area contributed by atoms with Gasteiger partial charge in [-0.05, 0) is 36.1 Å². The van der Waals surface area contributed by atoms with Crippen molar-refractivity contribution in [2.24, 2.45) is 5.92 Å². The van der Waals surface area contributed by atoms with Crippen LogP contribution >= 0.6 is 0 Å². The number of alkyl halides is 2. The van der Waals surface area contributed by atoms with Crippen molar-refractivity contribution < 1.29 is 36.9 Å². The Morgan fingerprint density at radius 1 is 1.33 bits per heavy atom. The van der Waals surface area contributed by atoms with Crippen molar-refractivity contribution >= 4 is 5.97 Å². The molecule has 9 heteroatoms. The molecule has 0 aliphatic carbocycles. The Morgan fingerprint density at radius 2 is 2.07 bits per heavy atom. The average molecular weight is 384 g/mol. The van der Waals surface area contributed by atoms with Gasteiger partial charge in [-0.2, -0.15) is 8.78 Å².